The van der Waals surface area contributed by atoms with E-state index in [1.807, 2.05) is 61.5 Å². The lowest BCUT2D eigenvalue weighted by atomic mass is 9.75. The van der Waals surface area contributed by atoms with Crippen molar-refractivity contribution in [2.75, 3.05) is 0 Å². The number of aryl methyl sites for hydroxylation is 1. The summed E-state index contributed by atoms with van der Waals surface area (Å²) >= 11 is 0. The van der Waals surface area contributed by atoms with Gasteiger partial charge in [0.2, 0.25) is 5.90 Å². The Balaban J connectivity index is 1.75. The standard InChI is InChI=1S/C26H21FN2O2/c1-16-22(20-10-6-7-11-21(20)28-16)23(17-12-14-19(27)15-13-17)26(2)25(30)31-24(29-26)18-8-4-3-5-9-18/h3-15,23,28H,1-2H3/t23-,26+/m1/s1. The predicted octanol–water partition coefficient (Wildman–Crippen LogP) is 5.51. The van der Waals surface area contributed by atoms with Gasteiger partial charge in [0.1, 0.15) is 5.82 Å². The van der Waals surface area contributed by atoms with Crippen LogP contribution in [0.4, 0.5) is 4.39 Å². The molecule has 0 unspecified atom stereocenters. The van der Waals surface area contributed by atoms with Crippen molar-refractivity contribution in [3.63, 3.8) is 0 Å². The number of nitrogens with one attached hydrogen (secondary N) is 1. The van der Waals surface area contributed by atoms with E-state index < -0.39 is 17.4 Å². The highest BCUT2D eigenvalue weighted by Gasteiger charge is 2.50. The molecular formula is C26H21FN2O2. The van der Waals surface area contributed by atoms with Gasteiger partial charge in [-0.05, 0) is 55.3 Å². The minimum absolute atomic E-state index is 0.303. The van der Waals surface area contributed by atoms with Crippen molar-refractivity contribution < 1.29 is 13.9 Å². The highest BCUT2D eigenvalue weighted by Crippen LogP contribution is 2.45. The summed E-state index contributed by atoms with van der Waals surface area (Å²) in [5.74, 6) is -0.910. The minimum atomic E-state index is -1.21. The molecule has 0 bridgehead atoms. The fraction of sp³-hybridized carbons (Fsp3) is 0.154. The highest BCUT2D eigenvalue weighted by atomic mass is 19.1. The molecule has 31 heavy (non-hydrogen) atoms. The van der Waals surface area contributed by atoms with Crippen LogP contribution in [0.2, 0.25) is 0 Å². The van der Waals surface area contributed by atoms with Gasteiger partial charge in [0.15, 0.2) is 5.54 Å². The van der Waals surface area contributed by atoms with Crippen LogP contribution in [0.25, 0.3) is 10.9 Å². The molecule has 0 saturated heterocycles. The fourth-order valence-corrected chi connectivity index (χ4v) is 4.45. The van der Waals surface area contributed by atoms with Gasteiger partial charge in [-0.1, -0.05) is 48.5 Å². The fourth-order valence-electron chi connectivity index (χ4n) is 4.45. The van der Waals surface area contributed by atoms with Crippen molar-refractivity contribution >= 4 is 22.8 Å². The number of halogens is 1. The van der Waals surface area contributed by atoms with Crippen molar-refractivity contribution in [1.82, 2.24) is 4.98 Å². The van der Waals surface area contributed by atoms with Crippen LogP contribution in [0.5, 0.6) is 0 Å². The van der Waals surface area contributed by atoms with Gasteiger partial charge in [0.05, 0.1) is 0 Å². The number of esters is 1. The van der Waals surface area contributed by atoms with E-state index in [9.17, 15) is 9.18 Å². The first kappa shape index (κ1) is 19.2. The van der Waals surface area contributed by atoms with Crippen molar-refractivity contribution in [2.45, 2.75) is 25.3 Å². The number of carbonyl (C=O) groups excluding carboxylic acids is 1. The molecule has 2 atom stereocenters. The van der Waals surface area contributed by atoms with Gasteiger partial charge in [-0.3, -0.25) is 0 Å². The van der Waals surface area contributed by atoms with Gasteiger partial charge in [0.25, 0.3) is 0 Å². The molecule has 5 rings (SSSR count). The van der Waals surface area contributed by atoms with E-state index in [1.54, 1.807) is 19.1 Å². The zero-order valence-corrected chi connectivity index (χ0v) is 17.2. The third kappa shape index (κ3) is 3.13. The Kier molecular flexibility index (Phi) is 4.47. The largest absolute Gasteiger partial charge is 0.405 e. The number of nitrogens with zero attached hydrogens (tertiary/aromatic N) is 1. The van der Waals surface area contributed by atoms with Crippen LogP contribution in [0.3, 0.4) is 0 Å². The summed E-state index contributed by atoms with van der Waals surface area (Å²) in [7, 11) is 0. The zero-order chi connectivity index (χ0) is 21.6. The molecule has 1 N–H and O–H groups in total. The third-order valence-corrected chi connectivity index (χ3v) is 5.95. The summed E-state index contributed by atoms with van der Waals surface area (Å²) in [6.07, 6.45) is 0. The summed E-state index contributed by atoms with van der Waals surface area (Å²) in [4.78, 5) is 21.5. The maximum absolute atomic E-state index is 13.7. The van der Waals surface area contributed by atoms with Crippen LogP contribution in [0, 0.1) is 12.7 Å². The van der Waals surface area contributed by atoms with Crippen molar-refractivity contribution in [3.05, 3.63) is 107 Å². The molecule has 0 saturated carbocycles. The average Bonchev–Trinajstić information content (AvgIpc) is 3.27. The van der Waals surface area contributed by atoms with E-state index >= 15 is 0 Å². The smallest absolute Gasteiger partial charge is 0.341 e. The zero-order valence-electron chi connectivity index (χ0n) is 17.2. The summed E-state index contributed by atoms with van der Waals surface area (Å²) in [6.45, 7) is 3.78. The molecule has 1 aliphatic heterocycles. The highest BCUT2D eigenvalue weighted by molar-refractivity contribution is 6.08. The van der Waals surface area contributed by atoms with E-state index in [-0.39, 0.29) is 5.82 Å². The van der Waals surface area contributed by atoms with E-state index in [0.29, 0.717) is 5.90 Å². The van der Waals surface area contributed by atoms with Crippen LogP contribution in [0.15, 0.2) is 83.9 Å². The van der Waals surface area contributed by atoms with E-state index in [1.165, 1.54) is 12.1 Å². The molecule has 1 aliphatic rings. The number of hydrogen-bond donors (Lipinski definition) is 1. The van der Waals surface area contributed by atoms with E-state index in [4.69, 9.17) is 9.73 Å². The van der Waals surface area contributed by atoms with Crippen molar-refractivity contribution in [1.29, 1.82) is 0 Å². The van der Waals surface area contributed by atoms with Crippen LogP contribution < -0.4 is 0 Å². The number of cyclic esters (lactones) is 1. The second-order valence-electron chi connectivity index (χ2n) is 8.01. The number of aromatic amines is 1. The molecule has 4 aromatic rings. The Bertz CT molecular complexity index is 1310. The molecule has 154 valence electrons. The molecule has 0 amide bonds. The number of rotatable bonds is 4. The summed E-state index contributed by atoms with van der Waals surface area (Å²) in [5.41, 5.74) is 3.20. The Hall–Kier alpha value is -3.73. The number of para-hydroxylation sites is 1. The molecule has 3 aromatic carbocycles. The summed E-state index contributed by atoms with van der Waals surface area (Å²) in [6, 6.07) is 23.6. The molecular weight excluding hydrogens is 391 g/mol. The van der Waals surface area contributed by atoms with E-state index in [0.717, 1.165) is 33.3 Å². The quantitative estimate of drug-likeness (QED) is 0.450. The lowest BCUT2D eigenvalue weighted by Gasteiger charge is -2.29. The van der Waals surface area contributed by atoms with Gasteiger partial charge in [-0.15, -0.1) is 0 Å². The Labute approximate surface area is 179 Å². The van der Waals surface area contributed by atoms with Gasteiger partial charge in [-0.2, -0.15) is 0 Å². The first-order valence-electron chi connectivity index (χ1n) is 10.2. The molecule has 2 heterocycles. The Morgan fingerprint density at radius 3 is 2.39 bits per heavy atom. The molecule has 0 spiro atoms. The topological polar surface area (TPSA) is 54.4 Å². The van der Waals surface area contributed by atoms with Gasteiger partial charge in [0, 0.05) is 28.1 Å². The maximum Gasteiger partial charge on any atom is 0.341 e. The van der Waals surface area contributed by atoms with E-state index in [2.05, 4.69) is 4.98 Å². The number of benzene rings is 3. The van der Waals surface area contributed by atoms with Gasteiger partial charge < -0.3 is 9.72 Å². The Morgan fingerprint density at radius 1 is 0.968 bits per heavy atom. The maximum atomic E-state index is 13.7. The van der Waals surface area contributed by atoms with Crippen LogP contribution in [-0.2, 0) is 9.53 Å². The summed E-state index contributed by atoms with van der Waals surface area (Å²) < 4.78 is 19.4. The van der Waals surface area contributed by atoms with Crippen LogP contribution in [-0.4, -0.2) is 22.4 Å². The number of ether oxygens (including phenoxy) is 1. The first-order valence-corrected chi connectivity index (χ1v) is 10.2. The third-order valence-electron chi connectivity index (χ3n) is 5.95. The van der Waals surface area contributed by atoms with Crippen molar-refractivity contribution in [2.24, 2.45) is 4.99 Å². The lowest BCUT2D eigenvalue weighted by Crippen LogP contribution is -2.38. The molecule has 0 aliphatic carbocycles. The number of aliphatic imine (C=N–C) groups is 1. The van der Waals surface area contributed by atoms with Crippen LogP contribution >= 0.6 is 0 Å². The number of carbonyl (C=O) groups is 1. The number of hydrogen-bond acceptors (Lipinski definition) is 3. The SMILES string of the molecule is Cc1[nH]c2ccccc2c1[C@@H](c1ccc(F)cc1)[C@]1(C)N=C(c2ccccc2)OC1=O. The lowest BCUT2D eigenvalue weighted by molar-refractivity contribution is -0.138. The van der Waals surface area contributed by atoms with Crippen LogP contribution in [0.1, 0.15) is 35.2 Å². The average molecular weight is 412 g/mol. The second kappa shape index (κ2) is 7.20. The first-order chi connectivity index (χ1) is 15.0. The molecule has 0 fully saturated rings. The number of H-pyrrole nitrogens is 1. The molecule has 5 heteroatoms. The molecule has 1 aromatic heterocycles. The second-order valence-corrected chi connectivity index (χ2v) is 8.01. The summed E-state index contributed by atoms with van der Waals surface area (Å²) in [5, 5.41) is 1.01. The monoisotopic (exact) mass is 412 g/mol. The number of fused-ring (bicyclic) bond motifs is 1. The molecule has 0 radical (unpaired) electrons. The molecule has 4 nitrogen and oxygen atoms in total. The predicted molar refractivity (Wildman–Crippen MR) is 119 cm³/mol. The Morgan fingerprint density at radius 2 is 1.65 bits per heavy atom. The minimum Gasteiger partial charge on any atom is -0.405 e. The van der Waals surface area contributed by atoms with Gasteiger partial charge in [-0.25, -0.2) is 14.2 Å². The van der Waals surface area contributed by atoms with Gasteiger partial charge >= 0.3 is 5.97 Å². The van der Waals surface area contributed by atoms with Crippen molar-refractivity contribution in [3.8, 4) is 0 Å². The normalized spacial score (nSPS) is 19.3. The number of aromatic nitrogens is 1.